The smallest absolute Gasteiger partial charge is 0.221 e. The Balaban J connectivity index is 2.20. The first kappa shape index (κ1) is 10.4. The van der Waals surface area contributed by atoms with Gasteiger partial charge in [0.1, 0.15) is 0 Å². The molecule has 1 aliphatic rings. The molecule has 5 heteroatoms. The predicted octanol–water partition coefficient (Wildman–Crippen LogP) is -1.84. The summed E-state index contributed by atoms with van der Waals surface area (Å²) in [6, 6.07) is 0. The van der Waals surface area contributed by atoms with E-state index in [0.29, 0.717) is 26.1 Å². The summed E-state index contributed by atoms with van der Waals surface area (Å²) in [7, 11) is 1.59. The number of aliphatic hydroxyl groups excluding tert-OH is 2. The van der Waals surface area contributed by atoms with Crippen molar-refractivity contribution in [3.05, 3.63) is 0 Å². The second kappa shape index (κ2) is 4.55. The lowest BCUT2D eigenvalue weighted by Crippen LogP contribution is -2.28. The Labute approximate surface area is 77.3 Å². The van der Waals surface area contributed by atoms with Crippen molar-refractivity contribution in [3.63, 3.8) is 0 Å². The Kier molecular flexibility index (Phi) is 3.65. The van der Waals surface area contributed by atoms with Crippen LogP contribution in [0.15, 0.2) is 0 Å². The molecule has 1 heterocycles. The number of likely N-dealkylation sites (tertiary alicyclic amines) is 1. The molecular weight excluding hydrogens is 172 g/mol. The predicted molar refractivity (Wildman–Crippen MR) is 47.1 cm³/mol. The van der Waals surface area contributed by atoms with Gasteiger partial charge >= 0.3 is 0 Å². The lowest BCUT2D eigenvalue weighted by Gasteiger charge is -2.13. The molecule has 3 N–H and O–H groups in total. The molecule has 1 fully saturated rings. The van der Waals surface area contributed by atoms with Crippen LogP contribution in [0.3, 0.4) is 0 Å². The number of β-amino-alcohol motifs (C(OH)–C–C–N with tert-alkyl or cyclic N) is 2. The van der Waals surface area contributed by atoms with Crippen molar-refractivity contribution >= 4 is 5.91 Å². The van der Waals surface area contributed by atoms with Gasteiger partial charge in [-0.25, -0.2) is 0 Å². The van der Waals surface area contributed by atoms with Crippen molar-refractivity contribution in [2.75, 3.05) is 26.7 Å². The van der Waals surface area contributed by atoms with Gasteiger partial charge in [-0.15, -0.1) is 0 Å². The Morgan fingerprint density at radius 3 is 2.46 bits per heavy atom. The third kappa shape index (κ3) is 2.95. The molecule has 5 nitrogen and oxygen atoms in total. The van der Waals surface area contributed by atoms with Crippen LogP contribution in [-0.2, 0) is 4.79 Å². The number of aliphatic hydroxyl groups is 2. The Morgan fingerprint density at radius 1 is 1.46 bits per heavy atom. The Hall–Kier alpha value is -0.650. The van der Waals surface area contributed by atoms with Gasteiger partial charge in [-0.2, -0.15) is 0 Å². The van der Waals surface area contributed by atoms with Crippen LogP contribution in [0, 0.1) is 0 Å². The number of rotatable bonds is 3. The molecule has 2 atom stereocenters. The van der Waals surface area contributed by atoms with E-state index in [4.69, 9.17) is 0 Å². The van der Waals surface area contributed by atoms with Crippen LogP contribution in [0.25, 0.3) is 0 Å². The van der Waals surface area contributed by atoms with Crippen LogP contribution < -0.4 is 5.32 Å². The standard InChI is InChI=1S/C8H16N2O3/c1-9-8(13)2-3-10-4-6(11)7(12)5-10/h6-7,11-12H,2-5H2,1H3,(H,9,13). The quantitative estimate of drug-likeness (QED) is 0.486. The number of hydrogen-bond acceptors (Lipinski definition) is 4. The molecule has 2 unspecified atom stereocenters. The lowest BCUT2D eigenvalue weighted by atomic mass is 10.3. The molecule has 1 rings (SSSR count). The highest BCUT2D eigenvalue weighted by Crippen LogP contribution is 2.09. The maximum atomic E-state index is 10.9. The Bertz CT molecular complexity index is 176. The molecule has 0 aromatic carbocycles. The molecule has 0 spiro atoms. The van der Waals surface area contributed by atoms with Crippen molar-refractivity contribution in [2.45, 2.75) is 18.6 Å². The molecule has 0 aliphatic carbocycles. The number of nitrogens with zero attached hydrogens (tertiary/aromatic N) is 1. The second-order valence-corrected chi connectivity index (χ2v) is 3.32. The van der Waals surface area contributed by atoms with Crippen molar-refractivity contribution in [3.8, 4) is 0 Å². The minimum Gasteiger partial charge on any atom is -0.389 e. The van der Waals surface area contributed by atoms with Gasteiger partial charge in [0.25, 0.3) is 0 Å². The molecule has 1 aliphatic heterocycles. The molecular formula is C8H16N2O3. The molecule has 0 radical (unpaired) electrons. The van der Waals surface area contributed by atoms with Gasteiger partial charge < -0.3 is 15.5 Å². The highest BCUT2D eigenvalue weighted by Gasteiger charge is 2.29. The van der Waals surface area contributed by atoms with Gasteiger partial charge in [0.15, 0.2) is 0 Å². The van der Waals surface area contributed by atoms with E-state index in [1.54, 1.807) is 7.05 Å². The van der Waals surface area contributed by atoms with Crippen LogP contribution in [0.1, 0.15) is 6.42 Å². The van der Waals surface area contributed by atoms with E-state index in [2.05, 4.69) is 5.32 Å². The molecule has 0 saturated carbocycles. The normalized spacial score (nSPS) is 29.2. The van der Waals surface area contributed by atoms with Crippen molar-refractivity contribution in [1.29, 1.82) is 0 Å². The van der Waals surface area contributed by atoms with E-state index < -0.39 is 12.2 Å². The summed E-state index contributed by atoms with van der Waals surface area (Å²) < 4.78 is 0. The molecule has 1 saturated heterocycles. The van der Waals surface area contributed by atoms with E-state index in [1.807, 2.05) is 4.90 Å². The van der Waals surface area contributed by atoms with Crippen LogP contribution in [0.2, 0.25) is 0 Å². The number of carbonyl (C=O) groups excluding carboxylic acids is 1. The molecule has 76 valence electrons. The third-order valence-corrected chi connectivity index (χ3v) is 2.27. The van der Waals surface area contributed by atoms with Gasteiger partial charge in [-0.05, 0) is 0 Å². The van der Waals surface area contributed by atoms with Crippen LogP contribution in [0.5, 0.6) is 0 Å². The summed E-state index contributed by atoms with van der Waals surface area (Å²) in [5, 5.41) is 20.9. The van der Waals surface area contributed by atoms with Crippen LogP contribution >= 0.6 is 0 Å². The maximum absolute atomic E-state index is 10.9. The van der Waals surface area contributed by atoms with E-state index in [0.717, 1.165) is 0 Å². The van der Waals surface area contributed by atoms with Gasteiger partial charge in [0.2, 0.25) is 5.91 Å². The largest absolute Gasteiger partial charge is 0.389 e. The first-order valence-electron chi connectivity index (χ1n) is 4.42. The van der Waals surface area contributed by atoms with Gasteiger partial charge in [-0.1, -0.05) is 0 Å². The summed E-state index contributed by atoms with van der Waals surface area (Å²) in [6.45, 7) is 1.50. The SMILES string of the molecule is CNC(=O)CCN1CC(O)C(O)C1. The van der Waals surface area contributed by atoms with E-state index in [9.17, 15) is 15.0 Å². The maximum Gasteiger partial charge on any atom is 0.221 e. The number of carbonyl (C=O) groups is 1. The van der Waals surface area contributed by atoms with E-state index >= 15 is 0 Å². The highest BCUT2D eigenvalue weighted by atomic mass is 16.3. The monoisotopic (exact) mass is 188 g/mol. The summed E-state index contributed by atoms with van der Waals surface area (Å²) in [5.74, 6) is -0.0177. The number of amides is 1. The number of nitrogens with one attached hydrogen (secondary N) is 1. The molecule has 0 aromatic rings. The van der Waals surface area contributed by atoms with Gasteiger partial charge in [0.05, 0.1) is 12.2 Å². The molecule has 13 heavy (non-hydrogen) atoms. The van der Waals surface area contributed by atoms with Crippen LogP contribution in [-0.4, -0.2) is 59.9 Å². The molecule has 0 aromatic heterocycles. The van der Waals surface area contributed by atoms with Crippen LogP contribution in [0.4, 0.5) is 0 Å². The van der Waals surface area contributed by atoms with E-state index in [-0.39, 0.29) is 5.91 Å². The average Bonchev–Trinajstić information content (AvgIpc) is 2.42. The zero-order valence-corrected chi connectivity index (χ0v) is 7.73. The first-order chi connectivity index (χ1) is 6.13. The minimum absolute atomic E-state index is 0.0177. The highest BCUT2D eigenvalue weighted by molar-refractivity contribution is 5.75. The van der Waals surface area contributed by atoms with Crippen molar-refractivity contribution in [2.24, 2.45) is 0 Å². The zero-order valence-electron chi connectivity index (χ0n) is 7.73. The van der Waals surface area contributed by atoms with Gasteiger partial charge in [-0.3, -0.25) is 9.69 Å². The summed E-state index contributed by atoms with van der Waals surface area (Å²) in [5.41, 5.74) is 0. The topological polar surface area (TPSA) is 72.8 Å². The minimum atomic E-state index is -0.662. The van der Waals surface area contributed by atoms with Gasteiger partial charge in [0, 0.05) is 33.1 Å². The second-order valence-electron chi connectivity index (χ2n) is 3.32. The fourth-order valence-corrected chi connectivity index (χ4v) is 1.41. The van der Waals surface area contributed by atoms with E-state index in [1.165, 1.54) is 0 Å². The Morgan fingerprint density at radius 2 is 2.00 bits per heavy atom. The zero-order chi connectivity index (χ0) is 9.84. The fourth-order valence-electron chi connectivity index (χ4n) is 1.41. The summed E-state index contributed by atoms with van der Waals surface area (Å²) in [4.78, 5) is 12.7. The van der Waals surface area contributed by atoms with Crippen molar-refractivity contribution < 1.29 is 15.0 Å². The van der Waals surface area contributed by atoms with Crippen molar-refractivity contribution in [1.82, 2.24) is 10.2 Å². The number of hydrogen-bond donors (Lipinski definition) is 3. The summed E-state index contributed by atoms with van der Waals surface area (Å²) >= 11 is 0. The average molecular weight is 188 g/mol. The third-order valence-electron chi connectivity index (χ3n) is 2.27. The summed E-state index contributed by atoms with van der Waals surface area (Å²) in [6.07, 6.45) is -0.912. The molecule has 0 bridgehead atoms. The lowest BCUT2D eigenvalue weighted by molar-refractivity contribution is -0.120. The first-order valence-corrected chi connectivity index (χ1v) is 4.42. The fraction of sp³-hybridized carbons (Fsp3) is 0.875. The molecule has 1 amide bonds.